The average Bonchev–Trinajstić information content (AvgIpc) is 3.17. The molecule has 4 rings (SSSR count). The Bertz CT molecular complexity index is 1020. The maximum absolute atomic E-state index is 12.6. The Morgan fingerprint density at radius 3 is 3.00 bits per heavy atom. The smallest absolute Gasteiger partial charge is 0.271 e. The quantitative estimate of drug-likeness (QED) is 0.674. The van der Waals surface area contributed by atoms with E-state index in [1.54, 1.807) is 23.0 Å². The van der Waals surface area contributed by atoms with E-state index in [9.17, 15) is 4.79 Å². The summed E-state index contributed by atoms with van der Waals surface area (Å²) < 4.78 is 8.62. The lowest BCUT2D eigenvalue weighted by molar-refractivity contribution is 0.556. The summed E-state index contributed by atoms with van der Waals surface area (Å²) in [4.78, 5) is 19.9. The summed E-state index contributed by atoms with van der Waals surface area (Å²) in [5.74, 6) is 0.671. The Labute approximate surface area is 143 Å². The standard InChI is InChI=1S/C16H12BrN3O2S/c17-11-3-1-4-12(7-11)19-9-18-16-20(10-19)15(21)14(23-16)8-13-5-2-6-22-13/h1-8H,9-10H2/b14-8+. The second kappa shape index (κ2) is 5.82. The lowest BCUT2D eigenvalue weighted by Gasteiger charge is -2.25. The maximum atomic E-state index is 12.6. The molecule has 5 nitrogen and oxygen atoms in total. The number of furan rings is 1. The first kappa shape index (κ1) is 14.5. The molecular weight excluding hydrogens is 378 g/mol. The number of anilines is 1. The van der Waals surface area contributed by atoms with Gasteiger partial charge in [0.05, 0.1) is 10.8 Å². The van der Waals surface area contributed by atoms with Crippen LogP contribution < -0.4 is 19.8 Å². The van der Waals surface area contributed by atoms with Crippen LogP contribution in [-0.4, -0.2) is 11.2 Å². The van der Waals surface area contributed by atoms with Crippen LogP contribution in [0.25, 0.3) is 6.08 Å². The number of halogens is 1. The molecule has 3 aromatic rings. The molecule has 0 atom stereocenters. The number of rotatable bonds is 2. The summed E-state index contributed by atoms with van der Waals surface area (Å²) >= 11 is 4.87. The van der Waals surface area contributed by atoms with Gasteiger partial charge in [-0.2, -0.15) is 0 Å². The predicted molar refractivity (Wildman–Crippen MR) is 93.1 cm³/mol. The minimum absolute atomic E-state index is 0.0372. The lowest BCUT2D eigenvalue weighted by Crippen LogP contribution is -2.42. The summed E-state index contributed by atoms with van der Waals surface area (Å²) in [6.07, 6.45) is 3.35. The topological polar surface area (TPSA) is 50.7 Å². The molecule has 2 aromatic heterocycles. The van der Waals surface area contributed by atoms with Crippen LogP contribution in [0.2, 0.25) is 0 Å². The lowest BCUT2D eigenvalue weighted by atomic mass is 10.3. The molecule has 1 aromatic carbocycles. The van der Waals surface area contributed by atoms with E-state index < -0.39 is 0 Å². The molecule has 0 radical (unpaired) electrons. The van der Waals surface area contributed by atoms with Crippen molar-refractivity contribution in [2.75, 3.05) is 11.6 Å². The molecule has 7 heteroatoms. The molecule has 0 aliphatic carbocycles. The zero-order chi connectivity index (χ0) is 15.8. The molecule has 23 heavy (non-hydrogen) atoms. The highest BCUT2D eigenvalue weighted by atomic mass is 79.9. The highest BCUT2D eigenvalue weighted by molar-refractivity contribution is 9.10. The van der Waals surface area contributed by atoms with E-state index in [2.05, 4.69) is 25.8 Å². The van der Waals surface area contributed by atoms with Gasteiger partial charge in [0, 0.05) is 16.2 Å². The molecule has 0 fully saturated rings. The van der Waals surface area contributed by atoms with Gasteiger partial charge in [0.1, 0.15) is 19.1 Å². The van der Waals surface area contributed by atoms with Gasteiger partial charge in [-0.3, -0.25) is 9.36 Å². The van der Waals surface area contributed by atoms with E-state index in [-0.39, 0.29) is 5.56 Å². The Morgan fingerprint density at radius 2 is 2.22 bits per heavy atom. The van der Waals surface area contributed by atoms with E-state index in [0.717, 1.165) is 15.0 Å². The van der Waals surface area contributed by atoms with Crippen molar-refractivity contribution in [3.05, 3.63) is 72.6 Å². The van der Waals surface area contributed by atoms with E-state index >= 15 is 0 Å². The Kier molecular flexibility index (Phi) is 3.66. The van der Waals surface area contributed by atoms with Crippen molar-refractivity contribution >= 4 is 39.0 Å². The number of thiazole rings is 1. The predicted octanol–water partition coefficient (Wildman–Crippen LogP) is 2.15. The number of benzene rings is 1. The highest BCUT2D eigenvalue weighted by Gasteiger charge is 2.16. The largest absolute Gasteiger partial charge is 0.465 e. The van der Waals surface area contributed by atoms with E-state index in [1.807, 2.05) is 30.3 Å². The Balaban J connectivity index is 1.74. The fraction of sp³-hybridized carbons (Fsp3) is 0.125. The summed E-state index contributed by atoms with van der Waals surface area (Å²) in [7, 11) is 0. The second-order valence-electron chi connectivity index (χ2n) is 5.10. The van der Waals surface area contributed by atoms with Crippen LogP contribution in [0.3, 0.4) is 0 Å². The van der Waals surface area contributed by atoms with Crippen LogP contribution in [0, 0.1) is 0 Å². The summed E-state index contributed by atoms with van der Waals surface area (Å²) in [6.45, 7) is 1.03. The number of hydrogen-bond acceptors (Lipinski definition) is 5. The van der Waals surface area contributed by atoms with Crippen LogP contribution in [0.1, 0.15) is 5.76 Å². The SMILES string of the molecule is O=c1/c(=C\c2ccco2)sc2n1CN(c1cccc(Br)c1)CN=2. The first-order chi connectivity index (χ1) is 11.2. The van der Waals surface area contributed by atoms with Crippen LogP contribution in [0.15, 0.2) is 61.3 Å². The third-order valence-electron chi connectivity index (χ3n) is 3.57. The minimum atomic E-state index is -0.0372. The summed E-state index contributed by atoms with van der Waals surface area (Å²) in [6, 6.07) is 11.6. The molecule has 0 amide bonds. The second-order valence-corrected chi connectivity index (χ2v) is 7.03. The molecule has 0 spiro atoms. The van der Waals surface area contributed by atoms with Gasteiger partial charge in [0.25, 0.3) is 5.56 Å². The van der Waals surface area contributed by atoms with Crippen LogP contribution in [0.4, 0.5) is 5.69 Å². The van der Waals surface area contributed by atoms with Crippen molar-refractivity contribution in [3.63, 3.8) is 0 Å². The number of hydrogen-bond donors (Lipinski definition) is 0. The Morgan fingerprint density at radius 1 is 1.30 bits per heavy atom. The number of fused-ring (bicyclic) bond motifs is 1. The highest BCUT2D eigenvalue weighted by Crippen LogP contribution is 2.20. The average molecular weight is 390 g/mol. The molecule has 0 N–H and O–H groups in total. The fourth-order valence-corrected chi connectivity index (χ4v) is 3.78. The first-order valence-corrected chi connectivity index (χ1v) is 8.61. The summed E-state index contributed by atoms with van der Waals surface area (Å²) in [5, 5.41) is 0. The van der Waals surface area contributed by atoms with Gasteiger partial charge in [0.15, 0.2) is 4.80 Å². The van der Waals surface area contributed by atoms with Gasteiger partial charge in [-0.25, -0.2) is 4.99 Å². The van der Waals surface area contributed by atoms with Crippen molar-refractivity contribution in [3.8, 4) is 0 Å². The molecule has 0 unspecified atom stereocenters. The molecule has 1 aliphatic rings. The van der Waals surface area contributed by atoms with E-state index in [1.165, 1.54) is 11.3 Å². The van der Waals surface area contributed by atoms with Crippen LogP contribution in [-0.2, 0) is 6.67 Å². The molecule has 1 aliphatic heterocycles. The first-order valence-electron chi connectivity index (χ1n) is 7.00. The monoisotopic (exact) mass is 389 g/mol. The van der Waals surface area contributed by atoms with Crippen molar-refractivity contribution in [1.82, 2.24) is 4.57 Å². The van der Waals surface area contributed by atoms with Crippen molar-refractivity contribution in [2.45, 2.75) is 6.67 Å². The van der Waals surface area contributed by atoms with Gasteiger partial charge in [0.2, 0.25) is 0 Å². The summed E-state index contributed by atoms with van der Waals surface area (Å²) in [5.41, 5.74) is 0.994. The molecule has 3 heterocycles. The number of aromatic nitrogens is 1. The molecule has 0 saturated heterocycles. The van der Waals surface area contributed by atoms with Gasteiger partial charge >= 0.3 is 0 Å². The molecule has 116 valence electrons. The minimum Gasteiger partial charge on any atom is -0.465 e. The molecule has 0 bridgehead atoms. The van der Waals surface area contributed by atoms with Crippen molar-refractivity contribution in [2.24, 2.45) is 4.99 Å². The Hall–Kier alpha value is -2.12. The van der Waals surface area contributed by atoms with Gasteiger partial charge < -0.3 is 9.32 Å². The van der Waals surface area contributed by atoms with Crippen LogP contribution >= 0.6 is 27.3 Å². The van der Waals surface area contributed by atoms with Gasteiger partial charge in [-0.15, -0.1) is 0 Å². The fourth-order valence-electron chi connectivity index (χ4n) is 2.45. The third-order valence-corrected chi connectivity index (χ3v) is 5.10. The van der Waals surface area contributed by atoms with Crippen molar-refractivity contribution in [1.29, 1.82) is 0 Å². The maximum Gasteiger partial charge on any atom is 0.271 e. The number of nitrogens with zero attached hydrogens (tertiary/aromatic N) is 3. The van der Waals surface area contributed by atoms with E-state index in [4.69, 9.17) is 4.42 Å². The van der Waals surface area contributed by atoms with Gasteiger partial charge in [-0.05, 0) is 30.3 Å². The third kappa shape index (κ3) is 2.77. The molecule has 0 saturated carbocycles. The van der Waals surface area contributed by atoms with Gasteiger partial charge in [-0.1, -0.05) is 33.3 Å². The normalized spacial score (nSPS) is 14.7. The van der Waals surface area contributed by atoms with Crippen molar-refractivity contribution < 1.29 is 4.42 Å². The van der Waals surface area contributed by atoms with Crippen LogP contribution in [0.5, 0.6) is 0 Å². The zero-order valence-electron chi connectivity index (χ0n) is 12.0. The molecular formula is C16H12BrN3O2S. The zero-order valence-corrected chi connectivity index (χ0v) is 14.4. The van der Waals surface area contributed by atoms with E-state index in [0.29, 0.717) is 23.6 Å².